The fourth-order valence-corrected chi connectivity index (χ4v) is 1.84. The maximum Gasteiger partial charge on any atom is 0.221 e. The van der Waals surface area contributed by atoms with Crippen molar-refractivity contribution in [3.05, 3.63) is 54.3 Å². The van der Waals surface area contributed by atoms with Crippen LogP contribution in [0.5, 0.6) is 5.75 Å². The molecule has 18 heavy (non-hydrogen) atoms. The largest absolute Gasteiger partial charge is 0.483 e. The third kappa shape index (κ3) is 3.23. The second-order valence-electron chi connectivity index (χ2n) is 4.61. The van der Waals surface area contributed by atoms with E-state index >= 15 is 0 Å². The van der Waals surface area contributed by atoms with Gasteiger partial charge < -0.3 is 10.1 Å². The average molecular weight is 243 g/mol. The van der Waals surface area contributed by atoms with Crippen molar-refractivity contribution in [1.82, 2.24) is 5.32 Å². The molecule has 0 aliphatic heterocycles. The van der Waals surface area contributed by atoms with E-state index in [1.807, 2.05) is 55.5 Å². The summed E-state index contributed by atoms with van der Waals surface area (Å²) in [6, 6.07) is 9.73. The zero-order valence-corrected chi connectivity index (χ0v) is 10.6. The summed E-state index contributed by atoms with van der Waals surface area (Å²) in [5.41, 5.74) is 0.472. The Morgan fingerprint density at radius 1 is 1.33 bits per heavy atom. The van der Waals surface area contributed by atoms with Crippen LogP contribution in [0.25, 0.3) is 0 Å². The van der Waals surface area contributed by atoms with Gasteiger partial charge in [-0.3, -0.25) is 4.79 Å². The molecule has 0 saturated heterocycles. The van der Waals surface area contributed by atoms with Crippen molar-refractivity contribution in [3.8, 4) is 5.75 Å². The number of benzene rings is 1. The highest BCUT2D eigenvalue weighted by molar-refractivity contribution is 5.75. The minimum atomic E-state index is -0.358. The highest BCUT2D eigenvalue weighted by Crippen LogP contribution is 2.26. The van der Waals surface area contributed by atoms with Crippen molar-refractivity contribution in [2.24, 2.45) is 0 Å². The van der Waals surface area contributed by atoms with Crippen LogP contribution in [0.1, 0.15) is 20.3 Å². The number of allylic oxidation sites excluding steroid dienone is 1. The lowest BCUT2D eigenvalue weighted by molar-refractivity contribution is -0.118. The van der Waals surface area contributed by atoms with E-state index in [4.69, 9.17) is 4.74 Å². The van der Waals surface area contributed by atoms with Crippen molar-refractivity contribution < 1.29 is 9.53 Å². The van der Waals surface area contributed by atoms with Gasteiger partial charge in [-0.2, -0.15) is 0 Å². The van der Waals surface area contributed by atoms with Gasteiger partial charge in [-0.05, 0) is 31.2 Å². The van der Waals surface area contributed by atoms with Crippen LogP contribution in [0.2, 0.25) is 0 Å². The molecule has 2 rings (SSSR count). The number of hydrogen-bond acceptors (Lipinski definition) is 2. The van der Waals surface area contributed by atoms with Gasteiger partial charge in [0.15, 0.2) is 0 Å². The molecule has 94 valence electrons. The first kappa shape index (κ1) is 12.4. The molecule has 1 aromatic rings. The number of hydrogen-bond donors (Lipinski definition) is 1. The molecule has 0 bridgehead atoms. The Hall–Kier alpha value is -2.03. The summed E-state index contributed by atoms with van der Waals surface area (Å²) in [4.78, 5) is 10.9. The molecule has 1 N–H and O–H groups in total. The zero-order chi connectivity index (χ0) is 13.0. The quantitative estimate of drug-likeness (QED) is 0.886. The van der Waals surface area contributed by atoms with Crippen LogP contribution in [-0.2, 0) is 4.79 Å². The Morgan fingerprint density at radius 2 is 2.06 bits per heavy atom. The molecule has 0 fully saturated rings. The molecular weight excluding hydrogens is 226 g/mol. The van der Waals surface area contributed by atoms with Crippen LogP contribution in [0, 0.1) is 0 Å². The number of amides is 1. The van der Waals surface area contributed by atoms with Crippen LogP contribution >= 0.6 is 0 Å². The van der Waals surface area contributed by atoms with Crippen molar-refractivity contribution in [3.63, 3.8) is 0 Å². The zero-order valence-electron chi connectivity index (χ0n) is 10.6. The normalized spacial score (nSPS) is 22.2. The second kappa shape index (κ2) is 5.08. The lowest BCUT2D eigenvalue weighted by Gasteiger charge is -2.29. The summed E-state index contributed by atoms with van der Waals surface area (Å²) in [6.07, 6.45) is 6.57. The third-order valence-corrected chi connectivity index (χ3v) is 2.76. The van der Waals surface area contributed by atoms with Gasteiger partial charge in [0.05, 0.1) is 0 Å². The molecule has 0 spiro atoms. The molecule has 3 heteroatoms. The fraction of sp³-hybridized carbons (Fsp3) is 0.267. The van der Waals surface area contributed by atoms with Crippen LogP contribution in [0.4, 0.5) is 0 Å². The van der Waals surface area contributed by atoms with Gasteiger partial charge in [0, 0.05) is 19.0 Å². The smallest absolute Gasteiger partial charge is 0.221 e. The van der Waals surface area contributed by atoms with E-state index < -0.39 is 0 Å². The molecule has 1 aliphatic rings. The summed E-state index contributed by atoms with van der Waals surface area (Å²) in [5, 5.41) is 2.76. The Balaban J connectivity index is 2.02. The first-order chi connectivity index (χ1) is 8.57. The summed E-state index contributed by atoms with van der Waals surface area (Å²) in [5.74, 6) is 0.791. The predicted molar refractivity (Wildman–Crippen MR) is 71.1 cm³/mol. The van der Waals surface area contributed by atoms with E-state index in [1.54, 1.807) is 0 Å². The first-order valence-corrected chi connectivity index (χ1v) is 5.98. The van der Waals surface area contributed by atoms with E-state index in [0.717, 1.165) is 17.9 Å². The molecule has 1 aliphatic carbocycles. The maximum absolute atomic E-state index is 10.9. The van der Waals surface area contributed by atoms with Crippen molar-refractivity contribution in [2.45, 2.75) is 25.9 Å². The van der Waals surface area contributed by atoms with Gasteiger partial charge in [-0.1, -0.05) is 24.3 Å². The molecule has 3 nitrogen and oxygen atoms in total. The predicted octanol–water partition coefficient (Wildman–Crippen LogP) is 2.80. The molecule has 0 saturated carbocycles. The summed E-state index contributed by atoms with van der Waals surface area (Å²) >= 11 is 0. The molecule has 1 amide bonds. The van der Waals surface area contributed by atoms with E-state index in [-0.39, 0.29) is 11.5 Å². The SMILES string of the molecule is CC(=O)NC1=CCC(C)(Oc2ccccc2)C=C1. The number of carbonyl (C=O) groups excluding carboxylic acids is 1. The summed E-state index contributed by atoms with van der Waals surface area (Å²) < 4.78 is 5.95. The summed E-state index contributed by atoms with van der Waals surface area (Å²) in [7, 11) is 0. The Bertz CT molecular complexity index is 490. The number of rotatable bonds is 3. The Morgan fingerprint density at radius 3 is 2.61 bits per heavy atom. The molecule has 0 aromatic heterocycles. The second-order valence-corrected chi connectivity index (χ2v) is 4.61. The molecule has 1 unspecified atom stereocenters. The third-order valence-electron chi connectivity index (χ3n) is 2.76. The highest BCUT2D eigenvalue weighted by atomic mass is 16.5. The van der Waals surface area contributed by atoms with Gasteiger partial charge in [0.2, 0.25) is 5.91 Å². The first-order valence-electron chi connectivity index (χ1n) is 5.98. The maximum atomic E-state index is 10.9. The number of carbonyl (C=O) groups is 1. The summed E-state index contributed by atoms with van der Waals surface area (Å²) in [6.45, 7) is 3.53. The van der Waals surface area contributed by atoms with Gasteiger partial charge in [0.25, 0.3) is 0 Å². The van der Waals surface area contributed by atoms with Crippen molar-refractivity contribution >= 4 is 5.91 Å². The molecule has 0 heterocycles. The standard InChI is InChI=1S/C15H17NO2/c1-12(17)16-13-8-10-15(2,11-9-13)18-14-6-4-3-5-7-14/h3-10H,11H2,1-2H3,(H,16,17). The van der Waals surface area contributed by atoms with E-state index in [1.165, 1.54) is 6.92 Å². The monoisotopic (exact) mass is 243 g/mol. The van der Waals surface area contributed by atoms with Crippen LogP contribution in [-0.4, -0.2) is 11.5 Å². The van der Waals surface area contributed by atoms with Crippen molar-refractivity contribution in [2.75, 3.05) is 0 Å². The van der Waals surface area contributed by atoms with Gasteiger partial charge in [-0.15, -0.1) is 0 Å². The molecule has 1 aromatic carbocycles. The average Bonchev–Trinajstić information content (AvgIpc) is 2.33. The van der Waals surface area contributed by atoms with E-state index in [2.05, 4.69) is 5.32 Å². The van der Waals surface area contributed by atoms with Crippen LogP contribution < -0.4 is 10.1 Å². The van der Waals surface area contributed by atoms with E-state index in [9.17, 15) is 4.79 Å². The Kier molecular flexibility index (Phi) is 3.51. The highest BCUT2D eigenvalue weighted by Gasteiger charge is 2.24. The lowest BCUT2D eigenvalue weighted by atomic mass is 9.96. The van der Waals surface area contributed by atoms with Gasteiger partial charge in [-0.25, -0.2) is 0 Å². The number of para-hydroxylation sites is 1. The number of ether oxygens (including phenoxy) is 1. The van der Waals surface area contributed by atoms with Crippen LogP contribution in [0.3, 0.4) is 0 Å². The Labute approximate surface area is 107 Å². The lowest BCUT2D eigenvalue weighted by Crippen LogP contribution is -2.32. The minimum Gasteiger partial charge on any atom is -0.483 e. The molecular formula is C15H17NO2. The fourth-order valence-electron chi connectivity index (χ4n) is 1.84. The molecule has 1 atom stereocenters. The van der Waals surface area contributed by atoms with Gasteiger partial charge in [0.1, 0.15) is 11.4 Å². The number of nitrogens with one attached hydrogen (secondary N) is 1. The minimum absolute atomic E-state index is 0.0570. The van der Waals surface area contributed by atoms with E-state index in [0.29, 0.717) is 0 Å². The van der Waals surface area contributed by atoms with Crippen LogP contribution in [0.15, 0.2) is 54.3 Å². The molecule has 0 radical (unpaired) electrons. The topological polar surface area (TPSA) is 38.3 Å². The van der Waals surface area contributed by atoms with Crippen molar-refractivity contribution in [1.29, 1.82) is 0 Å². The van der Waals surface area contributed by atoms with Gasteiger partial charge >= 0.3 is 0 Å².